The predicted octanol–water partition coefficient (Wildman–Crippen LogP) is 1.26. The van der Waals surface area contributed by atoms with E-state index in [9.17, 15) is 9.59 Å². The molecule has 2 saturated carbocycles. The van der Waals surface area contributed by atoms with Crippen molar-refractivity contribution >= 4 is 11.9 Å². The fraction of sp³-hybridized carbons (Fsp3) is 0.833. The van der Waals surface area contributed by atoms with Crippen molar-refractivity contribution in [2.24, 2.45) is 23.7 Å². The Kier molecular flexibility index (Phi) is 3.17. The fourth-order valence-corrected chi connectivity index (χ4v) is 2.50. The summed E-state index contributed by atoms with van der Waals surface area (Å²) >= 11 is 0. The lowest BCUT2D eigenvalue weighted by molar-refractivity contribution is -0.141. The van der Waals surface area contributed by atoms with E-state index < -0.39 is 5.97 Å². The zero-order valence-electron chi connectivity index (χ0n) is 9.61. The van der Waals surface area contributed by atoms with Gasteiger partial charge in [-0.15, -0.1) is 0 Å². The van der Waals surface area contributed by atoms with Crippen LogP contribution in [0.1, 0.15) is 32.6 Å². The van der Waals surface area contributed by atoms with Crippen molar-refractivity contribution in [2.75, 3.05) is 6.54 Å². The Balaban J connectivity index is 1.71. The minimum Gasteiger partial charge on any atom is -0.481 e. The molecule has 0 aromatic rings. The molecule has 0 heterocycles. The minimum atomic E-state index is -0.758. The zero-order valence-corrected chi connectivity index (χ0v) is 9.61. The molecule has 4 atom stereocenters. The van der Waals surface area contributed by atoms with E-state index in [1.807, 2.05) is 0 Å². The molecular formula is C12H19NO3. The second-order valence-corrected chi connectivity index (χ2v) is 5.26. The minimum absolute atomic E-state index is 0.0582. The number of hydrogen-bond donors (Lipinski definition) is 2. The highest BCUT2D eigenvalue weighted by molar-refractivity contribution is 5.80. The normalized spacial score (nSPS) is 37.1. The zero-order chi connectivity index (χ0) is 11.7. The first-order valence-electron chi connectivity index (χ1n) is 6.08. The largest absolute Gasteiger partial charge is 0.481 e. The van der Waals surface area contributed by atoms with Gasteiger partial charge in [0.25, 0.3) is 0 Å². The Morgan fingerprint density at radius 2 is 1.88 bits per heavy atom. The van der Waals surface area contributed by atoms with Crippen molar-refractivity contribution in [1.29, 1.82) is 0 Å². The number of amides is 1. The number of rotatable bonds is 4. The van der Waals surface area contributed by atoms with Gasteiger partial charge in [-0.3, -0.25) is 9.59 Å². The van der Waals surface area contributed by atoms with Gasteiger partial charge in [0.15, 0.2) is 0 Å². The van der Waals surface area contributed by atoms with Crippen LogP contribution in [0, 0.1) is 23.7 Å². The summed E-state index contributed by atoms with van der Waals surface area (Å²) in [6.45, 7) is 2.96. The lowest BCUT2D eigenvalue weighted by Gasteiger charge is -2.10. The first-order chi connectivity index (χ1) is 7.58. The first-order valence-corrected chi connectivity index (χ1v) is 6.08. The van der Waals surface area contributed by atoms with Crippen molar-refractivity contribution < 1.29 is 14.7 Å². The van der Waals surface area contributed by atoms with Gasteiger partial charge < -0.3 is 10.4 Å². The Morgan fingerprint density at radius 1 is 1.25 bits per heavy atom. The van der Waals surface area contributed by atoms with Crippen LogP contribution in [0.2, 0.25) is 0 Å². The van der Waals surface area contributed by atoms with Gasteiger partial charge in [0, 0.05) is 12.5 Å². The van der Waals surface area contributed by atoms with Crippen LogP contribution in [0.15, 0.2) is 0 Å². The van der Waals surface area contributed by atoms with E-state index in [1.54, 1.807) is 0 Å². The number of carboxylic acids is 1. The molecule has 1 amide bonds. The number of nitrogens with one attached hydrogen (secondary N) is 1. The second kappa shape index (κ2) is 4.44. The molecule has 4 unspecified atom stereocenters. The molecule has 0 aliphatic heterocycles. The highest BCUT2D eigenvalue weighted by Crippen LogP contribution is 2.37. The third-order valence-corrected chi connectivity index (χ3v) is 3.97. The summed E-state index contributed by atoms with van der Waals surface area (Å²) in [4.78, 5) is 22.5. The van der Waals surface area contributed by atoms with Crippen LogP contribution < -0.4 is 5.32 Å². The fourth-order valence-electron chi connectivity index (χ4n) is 2.50. The van der Waals surface area contributed by atoms with Crippen molar-refractivity contribution in [3.05, 3.63) is 0 Å². The summed E-state index contributed by atoms with van der Waals surface area (Å²) in [7, 11) is 0. The first kappa shape index (κ1) is 11.4. The van der Waals surface area contributed by atoms with E-state index in [0.717, 1.165) is 18.9 Å². The third kappa shape index (κ3) is 2.54. The van der Waals surface area contributed by atoms with E-state index in [0.29, 0.717) is 18.8 Å². The van der Waals surface area contributed by atoms with Crippen LogP contribution in [0.25, 0.3) is 0 Å². The summed E-state index contributed by atoms with van der Waals surface area (Å²) in [6, 6.07) is 0. The average Bonchev–Trinajstić information content (AvgIpc) is 2.78. The van der Waals surface area contributed by atoms with Gasteiger partial charge in [0.2, 0.25) is 5.91 Å². The highest BCUT2D eigenvalue weighted by atomic mass is 16.4. The van der Waals surface area contributed by atoms with E-state index in [4.69, 9.17) is 5.11 Å². The molecule has 16 heavy (non-hydrogen) atoms. The molecule has 2 aliphatic rings. The predicted molar refractivity (Wildman–Crippen MR) is 58.7 cm³/mol. The van der Waals surface area contributed by atoms with Crippen molar-refractivity contribution in [2.45, 2.75) is 32.6 Å². The maximum absolute atomic E-state index is 11.7. The Morgan fingerprint density at radius 3 is 2.38 bits per heavy atom. The van der Waals surface area contributed by atoms with Crippen molar-refractivity contribution in [3.8, 4) is 0 Å². The molecule has 0 saturated heterocycles. The summed E-state index contributed by atoms with van der Waals surface area (Å²) in [5, 5.41) is 11.8. The van der Waals surface area contributed by atoms with E-state index in [2.05, 4.69) is 12.2 Å². The molecule has 0 bridgehead atoms. The maximum Gasteiger partial charge on any atom is 0.306 e. The van der Waals surface area contributed by atoms with Crippen LogP contribution >= 0.6 is 0 Å². The monoisotopic (exact) mass is 225 g/mol. The van der Waals surface area contributed by atoms with Crippen molar-refractivity contribution in [1.82, 2.24) is 5.32 Å². The van der Waals surface area contributed by atoms with Gasteiger partial charge in [-0.2, -0.15) is 0 Å². The smallest absolute Gasteiger partial charge is 0.306 e. The average molecular weight is 225 g/mol. The van der Waals surface area contributed by atoms with E-state index in [-0.39, 0.29) is 17.7 Å². The van der Waals surface area contributed by atoms with Gasteiger partial charge in [0.1, 0.15) is 0 Å². The molecule has 2 aliphatic carbocycles. The number of carboxylic acid groups (broad SMARTS) is 1. The number of hydrogen-bond acceptors (Lipinski definition) is 2. The van der Waals surface area contributed by atoms with Gasteiger partial charge >= 0.3 is 5.97 Å². The third-order valence-electron chi connectivity index (χ3n) is 3.97. The van der Waals surface area contributed by atoms with Crippen LogP contribution in [-0.4, -0.2) is 23.5 Å². The Hall–Kier alpha value is -1.06. The second-order valence-electron chi connectivity index (χ2n) is 5.26. The standard InChI is InChI=1S/C12H19NO3/c1-7-4-10(7)6-13-11(14)8-2-3-9(5-8)12(15)16/h7-10H,2-6H2,1H3,(H,13,14)(H,15,16). The van der Waals surface area contributed by atoms with Gasteiger partial charge in [-0.05, 0) is 37.5 Å². The Labute approximate surface area is 95.4 Å². The molecule has 0 radical (unpaired) electrons. The molecule has 0 aromatic carbocycles. The van der Waals surface area contributed by atoms with Gasteiger partial charge in [-0.1, -0.05) is 6.92 Å². The Bertz CT molecular complexity index is 303. The van der Waals surface area contributed by atoms with Crippen LogP contribution in [0.3, 0.4) is 0 Å². The lowest BCUT2D eigenvalue weighted by atomic mass is 10.0. The van der Waals surface area contributed by atoms with Crippen LogP contribution in [-0.2, 0) is 9.59 Å². The number of aliphatic carboxylic acids is 1. The molecule has 90 valence electrons. The molecule has 4 heteroatoms. The summed E-state index contributed by atoms with van der Waals surface area (Å²) in [5.41, 5.74) is 0. The molecular weight excluding hydrogens is 206 g/mol. The molecule has 0 aromatic heterocycles. The number of carbonyl (C=O) groups excluding carboxylic acids is 1. The number of carbonyl (C=O) groups is 2. The summed E-state index contributed by atoms with van der Waals surface area (Å²) in [5.74, 6) is 0.316. The van der Waals surface area contributed by atoms with Crippen LogP contribution in [0.5, 0.6) is 0 Å². The highest BCUT2D eigenvalue weighted by Gasteiger charge is 2.36. The molecule has 2 N–H and O–H groups in total. The molecule has 0 spiro atoms. The topological polar surface area (TPSA) is 66.4 Å². The lowest BCUT2D eigenvalue weighted by Crippen LogP contribution is -2.31. The molecule has 2 rings (SSSR count). The van der Waals surface area contributed by atoms with Crippen molar-refractivity contribution in [3.63, 3.8) is 0 Å². The van der Waals surface area contributed by atoms with Gasteiger partial charge in [-0.25, -0.2) is 0 Å². The maximum atomic E-state index is 11.7. The van der Waals surface area contributed by atoms with Crippen LogP contribution in [0.4, 0.5) is 0 Å². The quantitative estimate of drug-likeness (QED) is 0.757. The van der Waals surface area contributed by atoms with E-state index >= 15 is 0 Å². The van der Waals surface area contributed by atoms with E-state index in [1.165, 1.54) is 6.42 Å². The molecule has 2 fully saturated rings. The van der Waals surface area contributed by atoms with Gasteiger partial charge in [0.05, 0.1) is 5.92 Å². The SMILES string of the molecule is CC1CC1CNC(=O)C1CCC(C(=O)O)C1. The molecule has 4 nitrogen and oxygen atoms in total. The summed E-state index contributed by atoms with van der Waals surface area (Å²) < 4.78 is 0. The summed E-state index contributed by atoms with van der Waals surface area (Å²) in [6.07, 6.45) is 3.10.